The number of hydrogen-bond acceptors (Lipinski definition) is 6. The van der Waals surface area contributed by atoms with Crippen molar-refractivity contribution in [3.63, 3.8) is 0 Å². The molecule has 4 aliphatic rings. The molecule has 2 N–H and O–H groups in total. The second kappa shape index (κ2) is 7.82. The number of anilines is 2. The number of aryl methyl sites for hydroxylation is 1. The molecule has 3 fully saturated rings. The smallest absolute Gasteiger partial charge is 0.254 e. The minimum absolute atomic E-state index is 0.0438. The molecule has 0 aromatic carbocycles. The van der Waals surface area contributed by atoms with Crippen molar-refractivity contribution in [2.45, 2.75) is 76.3 Å². The normalized spacial score (nSPS) is 23.0. The maximum Gasteiger partial charge on any atom is 0.254 e. The van der Waals surface area contributed by atoms with E-state index in [1.807, 2.05) is 6.33 Å². The highest BCUT2D eigenvalue weighted by atomic mass is 32.1. The maximum absolute atomic E-state index is 13.3. The van der Waals surface area contributed by atoms with Gasteiger partial charge in [0.25, 0.3) is 5.91 Å². The van der Waals surface area contributed by atoms with Crippen LogP contribution in [0.2, 0.25) is 0 Å². The zero-order valence-corrected chi connectivity index (χ0v) is 20.2. The second-order valence-corrected chi connectivity index (χ2v) is 11.7. The Morgan fingerprint density at radius 3 is 2.73 bits per heavy atom. The van der Waals surface area contributed by atoms with E-state index in [4.69, 9.17) is 0 Å². The lowest BCUT2D eigenvalue weighted by atomic mass is 9.91. The number of hydrogen-bond donors (Lipinski definition) is 2. The fraction of sp³-hybridized carbons (Fsp3) is 0.667. The fourth-order valence-electron chi connectivity index (χ4n) is 4.83. The van der Waals surface area contributed by atoms with Gasteiger partial charge in [-0.2, -0.15) is 0 Å². The average molecular weight is 469 g/mol. The van der Waals surface area contributed by atoms with Gasteiger partial charge < -0.3 is 15.5 Å². The van der Waals surface area contributed by atoms with E-state index in [1.54, 1.807) is 11.3 Å². The molecule has 3 saturated carbocycles. The molecule has 2 amide bonds. The Hall–Kier alpha value is -2.42. The molecule has 0 radical (unpaired) electrons. The standard InChI is InChI=1S/C24H32N6O2S/c1-24(9-10-24)29(2)23-28-26-13-30(23)16-7-8-18-17(11-16)19(21(32)25-12-14-3-4-14)22(33-18)27-20(31)15-5-6-15/h13-16H,3-12H2,1-2H3,(H,25,32)(H,27,31)/t16-/m0/s1. The molecule has 2 heterocycles. The predicted octanol–water partition coefficient (Wildman–Crippen LogP) is 3.55. The molecule has 0 aliphatic heterocycles. The summed E-state index contributed by atoms with van der Waals surface area (Å²) in [5.74, 6) is 1.64. The minimum Gasteiger partial charge on any atom is -0.352 e. The summed E-state index contributed by atoms with van der Waals surface area (Å²) in [4.78, 5) is 29.3. The van der Waals surface area contributed by atoms with Gasteiger partial charge in [-0.15, -0.1) is 21.5 Å². The van der Waals surface area contributed by atoms with Crippen LogP contribution in [0.4, 0.5) is 10.9 Å². The Morgan fingerprint density at radius 1 is 1.24 bits per heavy atom. The van der Waals surface area contributed by atoms with E-state index in [1.165, 1.54) is 30.6 Å². The van der Waals surface area contributed by atoms with Crippen LogP contribution in [0.1, 0.15) is 78.7 Å². The molecular formula is C24H32N6O2S. The Kier molecular flexibility index (Phi) is 5.01. The van der Waals surface area contributed by atoms with Crippen molar-refractivity contribution in [2.24, 2.45) is 11.8 Å². The van der Waals surface area contributed by atoms with Crippen LogP contribution < -0.4 is 15.5 Å². The van der Waals surface area contributed by atoms with Gasteiger partial charge in [-0.3, -0.25) is 14.2 Å². The number of carbonyl (C=O) groups is 2. The summed E-state index contributed by atoms with van der Waals surface area (Å²) in [6.07, 6.45) is 11.1. The van der Waals surface area contributed by atoms with Gasteiger partial charge in [0.05, 0.1) is 5.56 Å². The highest BCUT2D eigenvalue weighted by Crippen LogP contribution is 2.45. The number of amides is 2. The Bertz CT molecular complexity index is 1090. The van der Waals surface area contributed by atoms with Crippen LogP contribution in [0.3, 0.4) is 0 Å². The Balaban J connectivity index is 1.29. The highest BCUT2D eigenvalue weighted by molar-refractivity contribution is 7.17. The first-order valence-corrected chi connectivity index (χ1v) is 13.1. The van der Waals surface area contributed by atoms with Gasteiger partial charge in [0.2, 0.25) is 11.9 Å². The summed E-state index contributed by atoms with van der Waals surface area (Å²) < 4.78 is 2.19. The molecular weight excluding hydrogens is 436 g/mol. The van der Waals surface area contributed by atoms with Crippen molar-refractivity contribution < 1.29 is 9.59 Å². The quantitative estimate of drug-likeness (QED) is 0.618. The van der Waals surface area contributed by atoms with Crippen molar-refractivity contribution in [2.75, 3.05) is 23.8 Å². The van der Waals surface area contributed by atoms with Crippen LogP contribution in [0.15, 0.2) is 6.33 Å². The predicted molar refractivity (Wildman–Crippen MR) is 128 cm³/mol. The zero-order chi connectivity index (χ0) is 22.7. The second-order valence-electron chi connectivity index (χ2n) is 10.6. The van der Waals surface area contributed by atoms with Gasteiger partial charge in [-0.05, 0) is 76.2 Å². The van der Waals surface area contributed by atoms with E-state index < -0.39 is 0 Å². The van der Waals surface area contributed by atoms with E-state index in [9.17, 15) is 9.59 Å². The van der Waals surface area contributed by atoms with Crippen LogP contribution in [-0.2, 0) is 17.6 Å². The molecule has 0 bridgehead atoms. The Morgan fingerprint density at radius 2 is 2.03 bits per heavy atom. The summed E-state index contributed by atoms with van der Waals surface area (Å²) in [5, 5.41) is 15.7. The highest BCUT2D eigenvalue weighted by Gasteiger charge is 2.44. The average Bonchev–Trinajstić information content (AvgIpc) is 3.72. The molecule has 2 aromatic rings. The number of aromatic nitrogens is 3. The van der Waals surface area contributed by atoms with Gasteiger partial charge in [-0.1, -0.05) is 0 Å². The molecule has 0 saturated heterocycles. The monoisotopic (exact) mass is 468 g/mol. The molecule has 176 valence electrons. The van der Waals surface area contributed by atoms with E-state index in [-0.39, 0.29) is 29.3 Å². The van der Waals surface area contributed by atoms with Crippen molar-refractivity contribution in [1.82, 2.24) is 20.1 Å². The molecule has 0 spiro atoms. The Labute approximate surface area is 198 Å². The molecule has 2 aromatic heterocycles. The van der Waals surface area contributed by atoms with Crippen molar-refractivity contribution in [3.8, 4) is 0 Å². The lowest BCUT2D eigenvalue weighted by Crippen LogP contribution is -2.34. The van der Waals surface area contributed by atoms with E-state index in [0.717, 1.165) is 55.2 Å². The van der Waals surface area contributed by atoms with Gasteiger partial charge >= 0.3 is 0 Å². The van der Waals surface area contributed by atoms with Crippen molar-refractivity contribution in [3.05, 3.63) is 22.3 Å². The number of nitrogens with one attached hydrogen (secondary N) is 2. The number of nitrogens with zero attached hydrogens (tertiary/aromatic N) is 4. The first-order valence-electron chi connectivity index (χ1n) is 12.3. The lowest BCUT2D eigenvalue weighted by Gasteiger charge is -2.30. The first-order chi connectivity index (χ1) is 15.9. The van der Waals surface area contributed by atoms with E-state index in [0.29, 0.717) is 11.5 Å². The van der Waals surface area contributed by atoms with E-state index >= 15 is 0 Å². The summed E-state index contributed by atoms with van der Waals surface area (Å²) in [6, 6.07) is 0.198. The largest absolute Gasteiger partial charge is 0.352 e. The van der Waals surface area contributed by atoms with Crippen LogP contribution in [0, 0.1) is 11.8 Å². The molecule has 6 rings (SSSR count). The third kappa shape index (κ3) is 4.05. The molecule has 9 heteroatoms. The zero-order valence-electron chi connectivity index (χ0n) is 19.4. The number of rotatable bonds is 8. The summed E-state index contributed by atoms with van der Waals surface area (Å²) in [7, 11) is 2.11. The number of thiophene rings is 1. The SMILES string of the molecule is CN(c1nncn1[C@H]1CCc2sc(NC(=O)C3CC3)c(C(=O)NCC3CC3)c2C1)C1(C)CC1. The van der Waals surface area contributed by atoms with Gasteiger partial charge in [0, 0.05) is 36.0 Å². The molecule has 0 unspecified atom stereocenters. The summed E-state index contributed by atoms with van der Waals surface area (Å²) >= 11 is 1.59. The van der Waals surface area contributed by atoms with E-state index in [2.05, 4.69) is 44.3 Å². The number of fused-ring (bicyclic) bond motifs is 1. The first kappa shape index (κ1) is 21.1. The minimum atomic E-state index is -0.0438. The topological polar surface area (TPSA) is 92.2 Å². The molecule has 1 atom stereocenters. The van der Waals surface area contributed by atoms with Gasteiger partial charge in [0.1, 0.15) is 11.3 Å². The molecule has 4 aliphatic carbocycles. The summed E-state index contributed by atoms with van der Waals surface area (Å²) in [5.41, 5.74) is 1.95. The fourth-order valence-corrected chi connectivity index (χ4v) is 6.07. The third-order valence-electron chi connectivity index (χ3n) is 7.93. The maximum atomic E-state index is 13.3. The van der Waals surface area contributed by atoms with Crippen LogP contribution in [-0.4, -0.2) is 45.7 Å². The molecule has 33 heavy (non-hydrogen) atoms. The van der Waals surface area contributed by atoms with Crippen LogP contribution >= 0.6 is 11.3 Å². The van der Waals surface area contributed by atoms with Crippen LogP contribution in [0.5, 0.6) is 0 Å². The van der Waals surface area contributed by atoms with Gasteiger partial charge in [0.15, 0.2) is 0 Å². The van der Waals surface area contributed by atoms with Gasteiger partial charge in [-0.25, -0.2) is 0 Å². The lowest BCUT2D eigenvalue weighted by molar-refractivity contribution is -0.117. The third-order valence-corrected chi connectivity index (χ3v) is 9.13. The molecule has 8 nitrogen and oxygen atoms in total. The van der Waals surface area contributed by atoms with Crippen LogP contribution in [0.25, 0.3) is 0 Å². The number of carbonyl (C=O) groups excluding carboxylic acids is 2. The summed E-state index contributed by atoms with van der Waals surface area (Å²) in [6.45, 7) is 2.99. The van der Waals surface area contributed by atoms with Crippen molar-refractivity contribution >= 4 is 34.1 Å². The van der Waals surface area contributed by atoms with Crippen molar-refractivity contribution in [1.29, 1.82) is 0 Å².